The van der Waals surface area contributed by atoms with E-state index < -0.39 is 11.7 Å². The third-order valence-electron chi connectivity index (χ3n) is 2.42. The van der Waals surface area contributed by atoms with Crippen molar-refractivity contribution in [3.63, 3.8) is 0 Å². The molecule has 18 heavy (non-hydrogen) atoms. The number of nitrogens with one attached hydrogen (secondary N) is 1. The number of halogens is 3. The Hall–Kier alpha value is -0.910. The number of hydrogen-bond donors (Lipinski definition) is 1. The fourth-order valence-corrected chi connectivity index (χ4v) is 1.96. The molecule has 0 aromatic carbocycles. The Morgan fingerprint density at radius 3 is 2.72 bits per heavy atom. The number of pyridine rings is 1. The van der Waals surface area contributed by atoms with Crippen molar-refractivity contribution in [2.75, 3.05) is 23.9 Å². The molecule has 0 aliphatic carbocycles. The maximum absolute atomic E-state index is 12.4. The van der Waals surface area contributed by atoms with Crippen LogP contribution in [0.4, 0.5) is 19.0 Å². The first kappa shape index (κ1) is 15.1. The molecule has 2 nitrogen and oxygen atoms in total. The molecule has 1 aromatic rings. The largest absolute Gasteiger partial charge is 0.416 e. The lowest BCUT2D eigenvalue weighted by Gasteiger charge is -2.09. The van der Waals surface area contributed by atoms with E-state index in [-0.39, 0.29) is 5.82 Å². The van der Waals surface area contributed by atoms with Gasteiger partial charge in [0.1, 0.15) is 5.82 Å². The second-order valence-electron chi connectivity index (χ2n) is 3.91. The quantitative estimate of drug-likeness (QED) is 0.762. The van der Waals surface area contributed by atoms with Gasteiger partial charge in [0.2, 0.25) is 0 Å². The molecular formula is C12H17F3N2S. The van der Waals surface area contributed by atoms with Gasteiger partial charge in [0, 0.05) is 12.7 Å². The lowest BCUT2D eigenvalue weighted by Crippen LogP contribution is -2.08. The molecule has 0 aliphatic heterocycles. The SMILES string of the molecule is CSCCCCCNc1cc(C(F)(F)F)ccn1. The highest BCUT2D eigenvalue weighted by molar-refractivity contribution is 7.98. The number of unbranched alkanes of at least 4 members (excludes halogenated alkanes) is 2. The van der Waals surface area contributed by atoms with Gasteiger partial charge in [-0.3, -0.25) is 0 Å². The molecular weight excluding hydrogens is 261 g/mol. The molecule has 0 unspecified atom stereocenters. The summed E-state index contributed by atoms with van der Waals surface area (Å²) < 4.78 is 37.3. The van der Waals surface area contributed by atoms with Crippen LogP contribution in [0.1, 0.15) is 24.8 Å². The van der Waals surface area contributed by atoms with Crippen LogP contribution in [0.3, 0.4) is 0 Å². The normalized spacial score (nSPS) is 11.6. The van der Waals surface area contributed by atoms with E-state index in [0.29, 0.717) is 6.54 Å². The summed E-state index contributed by atoms with van der Waals surface area (Å²) in [5, 5.41) is 2.92. The minimum atomic E-state index is -4.31. The predicted molar refractivity (Wildman–Crippen MR) is 70.0 cm³/mol. The fourth-order valence-electron chi connectivity index (χ4n) is 1.47. The summed E-state index contributed by atoms with van der Waals surface area (Å²) >= 11 is 1.80. The van der Waals surface area contributed by atoms with Crippen LogP contribution in [0.25, 0.3) is 0 Å². The Labute approximate surface area is 109 Å². The zero-order valence-corrected chi connectivity index (χ0v) is 11.1. The summed E-state index contributed by atoms with van der Waals surface area (Å²) in [5.74, 6) is 1.41. The van der Waals surface area contributed by atoms with Gasteiger partial charge < -0.3 is 5.32 Å². The van der Waals surface area contributed by atoms with E-state index in [4.69, 9.17) is 0 Å². The molecule has 1 heterocycles. The number of anilines is 1. The Balaban J connectivity index is 2.34. The predicted octanol–water partition coefficient (Wildman–Crippen LogP) is 4.05. The van der Waals surface area contributed by atoms with Gasteiger partial charge in [0.25, 0.3) is 0 Å². The second kappa shape index (κ2) is 7.51. The molecule has 1 rings (SSSR count). The fraction of sp³-hybridized carbons (Fsp3) is 0.583. The molecule has 0 bridgehead atoms. The van der Waals surface area contributed by atoms with Gasteiger partial charge in [-0.25, -0.2) is 4.98 Å². The van der Waals surface area contributed by atoms with Crippen LogP contribution in [0.5, 0.6) is 0 Å². The van der Waals surface area contributed by atoms with E-state index in [1.807, 2.05) is 0 Å². The minimum Gasteiger partial charge on any atom is -0.370 e. The number of hydrogen-bond acceptors (Lipinski definition) is 3. The molecule has 0 atom stereocenters. The molecule has 0 saturated heterocycles. The van der Waals surface area contributed by atoms with Crippen LogP contribution in [0, 0.1) is 0 Å². The Morgan fingerprint density at radius 2 is 2.06 bits per heavy atom. The minimum absolute atomic E-state index is 0.287. The zero-order valence-electron chi connectivity index (χ0n) is 10.3. The number of alkyl halides is 3. The van der Waals surface area contributed by atoms with Gasteiger partial charge in [0.05, 0.1) is 5.56 Å². The maximum Gasteiger partial charge on any atom is 0.416 e. The van der Waals surface area contributed by atoms with Crippen molar-refractivity contribution in [1.29, 1.82) is 0 Å². The molecule has 1 N–H and O–H groups in total. The molecule has 0 saturated carbocycles. The lowest BCUT2D eigenvalue weighted by atomic mass is 10.2. The van der Waals surface area contributed by atoms with E-state index in [1.54, 1.807) is 11.8 Å². The van der Waals surface area contributed by atoms with Gasteiger partial charge in [-0.2, -0.15) is 24.9 Å². The number of rotatable bonds is 7. The van der Waals surface area contributed by atoms with Crippen molar-refractivity contribution in [3.05, 3.63) is 23.9 Å². The molecule has 1 aromatic heterocycles. The maximum atomic E-state index is 12.4. The summed E-state index contributed by atoms with van der Waals surface area (Å²) in [6.45, 7) is 0.655. The van der Waals surface area contributed by atoms with Crippen molar-refractivity contribution in [2.24, 2.45) is 0 Å². The van der Waals surface area contributed by atoms with Crippen LogP contribution in [0.2, 0.25) is 0 Å². The standard InChI is InChI=1S/C12H17F3N2S/c1-18-8-4-2-3-6-16-11-9-10(5-7-17-11)12(13,14)15/h5,7,9H,2-4,6,8H2,1H3,(H,16,17). The van der Waals surface area contributed by atoms with Gasteiger partial charge in [0.15, 0.2) is 0 Å². The van der Waals surface area contributed by atoms with E-state index in [1.165, 1.54) is 6.20 Å². The molecule has 0 radical (unpaired) electrons. The third-order valence-corrected chi connectivity index (χ3v) is 3.12. The second-order valence-corrected chi connectivity index (χ2v) is 4.89. The first-order valence-corrected chi connectivity index (χ1v) is 7.19. The number of thioether (sulfide) groups is 1. The van der Waals surface area contributed by atoms with Crippen molar-refractivity contribution in [1.82, 2.24) is 4.98 Å². The lowest BCUT2D eigenvalue weighted by molar-refractivity contribution is -0.137. The third kappa shape index (κ3) is 5.62. The van der Waals surface area contributed by atoms with E-state index in [2.05, 4.69) is 16.6 Å². The smallest absolute Gasteiger partial charge is 0.370 e. The summed E-state index contributed by atoms with van der Waals surface area (Å²) in [5.41, 5.74) is -0.664. The highest BCUT2D eigenvalue weighted by atomic mass is 32.2. The van der Waals surface area contributed by atoms with Crippen LogP contribution in [-0.4, -0.2) is 23.5 Å². The molecule has 0 aliphatic rings. The van der Waals surface area contributed by atoms with Gasteiger partial charge in [-0.15, -0.1) is 0 Å². The van der Waals surface area contributed by atoms with Crippen LogP contribution < -0.4 is 5.32 Å². The molecule has 0 amide bonds. The zero-order chi connectivity index (χ0) is 13.4. The molecule has 0 spiro atoms. The Kier molecular flexibility index (Phi) is 6.32. The van der Waals surface area contributed by atoms with Crippen molar-refractivity contribution in [2.45, 2.75) is 25.4 Å². The van der Waals surface area contributed by atoms with Gasteiger partial charge >= 0.3 is 6.18 Å². The summed E-state index contributed by atoms with van der Waals surface area (Å²) in [6.07, 6.45) is 2.09. The van der Waals surface area contributed by atoms with Crippen molar-refractivity contribution < 1.29 is 13.2 Å². The van der Waals surface area contributed by atoms with Crippen LogP contribution >= 0.6 is 11.8 Å². The van der Waals surface area contributed by atoms with Gasteiger partial charge in [-0.05, 0) is 37.0 Å². The molecule has 102 valence electrons. The number of nitrogens with zero attached hydrogens (tertiary/aromatic N) is 1. The van der Waals surface area contributed by atoms with Crippen molar-refractivity contribution >= 4 is 17.6 Å². The topological polar surface area (TPSA) is 24.9 Å². The van der Waals surface area contributed by atoms with Crippen molar-refractivity contribution in [3.8, 4) is 0 Å². The van der Waals surface area contributed by atoms with E-state index in [9.17, 15) is 13.2 Å². The number of aromatic nitrogens is 1. The molecule has 0 fully saturated rings. The summed E-state index contributed by atoms with van der Waals surface area (Å²) in [6, 6.07) is 2.02. The van der Waals surface area contributed by atoms with E-state index >= 15 is 0 Å². The van der Waals surface area contributed by atoms with E-state index in [0.717, 1.165) is 37.1 Å². The average molecular weight is 278 g/mol. The Bertz CT molecular complexity index is 355. The van der Waals surface area contributed by atoms with Crippen LogP contribution in [-0.2, 0) is 6.18 Å². The first-order valence-electron chi connectivity index (χ1n) is 5.80. The first-order chi connectivity index (χ1) is 8.54. The highest BCUT2D eigenvalue weighted by Crippen LogP contribution is 2.29. The Morgan fingerprint density at radius 1 is 1.28 bits per heavy atom. The summed E-state index contributed by atoms with van der Waals surface area (Å²) in [7, 11) is 0. The monoisotopic (exact) mass is 278 g/mol. The van der Waals surface area contributed by atoms with Gasteiger partial charge in [-0.1, -0.05) is 6.42 Å². The molecule has 6 heteroatoms. The average Bonchev–Trinajstić information content (AvgIpc) is 2.33. The highest BCUT2D eigenvalue weighted by Gasteiger charge is 2.30. The summed E-state index contributed by atoms with van der Waals surface area (Å²) in [4.78, 5) is 3.87. The van der Waals surface area contributed by atoms with Crippen LogP contribution in [0.15, 0.2) is 18.3 Å².